The number of sulfonamides is 1. The summed E-state index contributed by atoms with van der Waals surface area (Å²) >= 11 is 0. The SMILES string of the molecule is CNC(=O)[C@@H](Cc1ccccc1)N(Cc1ccccc1F)C(=O)CCCN(c1cccc(C(F)(F)F)c1)S(C)(=O)=O. The zero-order valence-electron chi connectivity index (χ0n) is 22.6. The minimum absolute atomic E-state index is 0.0677. The van der Waals surface area contributed by atoms with E-state index < -0.39 is 45.4 Å². The molecule has 12 heteroatoms. The van der Waals surface area contributed by atoms with Gasteiger partial charge in [-0.1, -0.05) is 54.6 Å². The topological polar surface area (TPSA) is 86.8 Å². The number of carbonyl (C=O) groups excluding carboxylic acids is 2. The van der Waals surface area contributed by atoms with Gasteiger partial charge in [0.05, 0.1) is 17.5 Å². The Morgan fingerprint density at radius 3 is 2.22 bits per heavy atom. The van der Waals surface area contributed by atoms with Crippen LogP contribution < -0.4 is 9.62 Å². The molecule has 0 saturated heterocycles. The Morgan fingerprint density at radius 2 is 1.61 bits per heavy atom. The fourth-order valence-electron chi connectivity index (χ4n) is 4.37. The second kappa shape index (κ2) is 13.6. The number of hydrogen-bond acceptors (Lipinski definition) is 4. The molecular weight excluding hydrogens is 562 g/mol. The number of likely N-dealkylation sites (N-methyl/N-ethyl adjacent to an activating group) is 1. The first-order valence-corrected chi connectivity index (χ1v) is 14.6. The molecule has 0 saturated carbocycles. The second-order valence-electron chi connectivity index (χ2n) is 9.42. The second-order valence-corrected chi connectivity index (χ2v) is 11.3. The van der Waals surface area contributed by atoms with Gasteiger partial charge in [-0.05, 0) is 36.2 Å². The number of anilines is 1. The van der Waals surface area contributed by atoms with Crippen molar-refractivity contribution in [2.75, 3.05) is 24.2 Å². The lowest BCUT2D eigenvalue weighted by Gasteiger charge is -2.31. The summed E-state index contributed by atoms with van der Waals surface area (Å²) in [5.41, 5.74) is -0.250. The van der Waals surface area contributed by atoms with Crippen molar-refractivity contribution in [1.82, 2.24) is 10.2 Å². The first-order chi connectivity index (χ1) is 19.3. The molecule has 220 valence electrons. The molecule has 0 aliphatic heterocycles. The molecule has 0 radical (unpaired) electrons. The number of benzene rings is 3. The van der Waals surface area contributed by atoms with E-state index in [-0.39, 0.29) is 43.6 Å². The van der Waals surface area contributed by atoms with Crippen LogP contribution in [0.2, 0.25) is 0 Å². The van der Waals surface area contributed by atoms with Gasteiger partial charge in [0.1, 0.15) is 11.9 Å². The van der Waals surface area contributed by atoms with Crippen LogP contribution >= 0.6 is 0 Å². The van der Waals surface area contributed by atoms with Crippen LogP contribution in [-0.4, -0.2) is 51.0 Å². The maximum atomic E-state index is 14.6. The number of alkyl halides is 3. The van der Waals surface area contributed by atoms with E-state index in [1.54, 1.807) is 36.4 Å². The normalized spacial score (nSPS) is 12.4. The van der Waals surface area contributed by atoms with E-state index in [4.69, 9.17) is 0 Å². The highest BCUT2D eigenvalue weighted by atomic mass is 32.2. The third-order valence-corrected chi connectivity index (χ3v) is 7.62. The average molecular weight is 594 g/mol. The summed E-state index contributed by atoms with van der Waals surface area (Å²) in [6.07, 6.45) is -3.99. The van der Waals surface area contributed by atoms with Crippen LogP contribution in [0.3, 0.4) is 0 Å². The van der Waals surface area contributed by atoms with E-state index in [0.717, 1.165) is 34.3 Å². The van der Waals surface area contributed by atoms with Gasteiger partial charge >= 0.3 is 6.18 Å². The first kappa shape index (κ1) is 31.6. The van der Waals surface area contributed by atoms with Crippen LogP contribution in [0.1, 0.15) is 29.5 Å². The maximum Gasteiger partial charge on any atom is 0.416 e. The zero-order chi connectivity index (χ0) is 30.2. The molecule has 0 heterocycles. The monoisotopic (exact) mass is 593 g/mol. The van der Waals surface area contributed by atoms with Gasteiger partial charge in [-0.2, -0.15) is 13.2 Å². The molecule has 3 rings (SSSR count). The maximum absolute atomic E-state index is 14.6. The van der Waals surface area contributed by atoms with E-state index >= 15 is 0 Å². The smallest absolute Gasteiger partial charge is 0.357 e. The number of halogens is 4. The third kappa shape index (κ3) is 8.78. The average Bonchev–Trinajstić information content (AvgIpc) is 2.93. The fourth-order valence-corrected chi connectivity index (χ4v) is 5.33. The Labute approximate surface area is 236 Å². The highest BCUT2D eigenvalue weighted by Crippen LogP contribution is 2.32. The van der Waals surface area contributed by atoms with Gasteiger partial charge in [-0.25, -0.2) is 12.8 Å². The zero-order valence-corrected chi connectivity index (χ0v) is 23.4. The highest BCUT2D eigenvalue weighted by molar-refractivity contribution is 7.92. The van der Waals surface area contributed by atoms with Crippen molar-refractivity contribution in [3.8, 4) is 0 Å². The summed E-state index contributed by atoms with van der Waals surface area (Å²) in [6, 6.07) is 17.7. The van der Waals surface area contributed by atoms with Gasteiger partial charge in [0.25, 0.3) is 0 Å². The van der Waals surface area contributed by atoms with E-state index in [2.05, 4.69) is 5.32 Å². The Morgan fingerprint density at radius 1 is 0.951 bits per heavy atom. The van der Waals surface area contributed by atoms with Crippen LogP contribution in [0, 0.1) is 5.82 Å². The van der Waals surface area contributed by atoms with Gasteiger partial charge in [-0.3, -0.25) is 13.9 Å². The van der Waals surface area contributed by atoms with Crippen molar-refractivity contribution >= 4 is 27.5 Å². The minimum atomic E-state index is -4.67. The number of hydrogen-bond donors (Lipinski definition) is 1. The van der Waals surface area contributed by atoms with Crippen molar-refractivity contribution in [3.05, 3.63) is 101 Å². The molecule has 0 aromatic heterocycles. The predicted molar refractivity (Wildman–Crippen MR) is 148 cm³/mol. The lowest BCUT2D eigenvalue weighted by Crippen LogP contribution is -2.50. The third-order valence-electron chi connectivity index (χ3n) is 6.43. The molecule has 0 aliphatic rings. The van der Waals surface area contributed by atoms with Crippen LogP contribution in [0.5, 0.6) is 0 Å². The number of amides is 2. The van der Waals surface area contributed by atoms with Crippen molar-refractivity contribution in [3.63, 3.8) is 0 Å². The Bertz CT molecular complexity index is 1450. The van der Waals surface area contributed by atoms with Crippen molar-refractivity contribution < 1.29 is 35.6 Å². The predicted octanol–water partition coefficient (Wildman–Crippen LogP) is 4.78. The number of carbonyl (C=O) groups is 2. The molecule has 3 aromatic carbocycles. The van der Waals surface area contributed by atoms with Crippen LogP contribution in [-0.2, 0) is 38.8 Å². The van der Waals surface area contributed by atoms with Crippen molar-refractivity contribution in [1.29, 1.82) is 0 Å². The molecule has 1 N–H and O–H groups in total. The van der Waals surface area contributed by atoms with Gasteiger partial charge in [-0.15, -0.1) is 0 Å². The molecule has 2 amide bonds. The number of rotatable bonds is 12. The first-order valence-electron chi connectivity index (χ1n) is 12.7. The molecular formula is C29H31F4N3O4S. The van der Waals surface area contributed by atoms with Crippen molar-refractivity contribution in [2.45, 2.75) is 38.0 Å². The van der Waals surface area contributed by atoms with Crippen molar-refractivity contribution in [2.24, 2.45) is 0 Å². The summed E-state index contributed by atoms with van der Waals surface area (Å²) in [4.78, 5) is 27.8. The molecule has 0 bridgehead atoms. The molecule has 0 aliphatic carbocycles. The van der Waals surface area contributed by atoms with E-state index in [1.807, 2.05) is 0 Å². The number of nitrogens with zero attached hydrogens (tertiary/aromatic N) is 2. The largest absolute Gasteiger partial charge is 0.416 e. The fraction of sp³-hybridized carbons (Fsp3) is 0.310. The van der Waals surface area contributed by atoms with Gasteiger partial charge in [0, 0.05) is 38.5 Å². The van der Waals surface area contributed by atoms with Crippen LogP contribution in [0.15, 0.2) is 78.9 Å². The molecule has 1 atom stereocenters. The highest BCUT2D eigenvalue weighted by Gasteiger charge is 2.32. The lowest BCUT2D eigenvalue weighted by atomic mass is 10.0. The summed E-state index contributed by atoms with van der Waals surface area (Å²) in [5.74, 6) is -1.58. The van der Waals surface area contributed by atoms with Crippen LogP contribution in [0.4, 0.5) is 23.2 Å². The minimum Gasteiger partial charge on any atom is -0.357 e. The molecule has 41 heavy (non-hydrogen) atoms. The van der Waals surface area contributed by atoms with E-state index in [9.17, 15) is 35.6 Å². The Kier molecular flexibility index (Phi) is 10.5. The summed E-state index contributed by atoms with van der Waals surface area (Å²) in [7, 11) is -2.58. The summed E-state index contributed by atoms with van der Waals surface area (Å²) in [5, 5.41) is 2.55. The number of nitrogens with one attached hydrogen (secondary N) is 1. The molecule has 7 nitrogen and oxygen atoms in total. The quantitative estimate of drug-likeness (QED) is 0.307. The van der Waals surface area contributed by atoms with E-state index in [1.165, 1.54) is 36.2 Å². The van der Waals surface area contributed by atoms with Gasteiger partial charge < -0.3 is 10.2 Å². The van der Waals surface area contributed by atoms with Crippen LogP contribution in [0.25, 0.3) is 0 Å². The van der Waals surface area contributed by atoms with E-state index in [0.29, 0.717) is 0 Å². The molecule has 0 unspecified atom stereocenters. The molecule has 0 fully saturated rings. The van der Waals surface area contributed by atoms with Gasteiger partial charge in [0.2, 0.25) is 21.8 Å². The molecule has 3 aromatic rings. The Hall–Kier alpha value is -3.93. The summed E-state index contributed by atoms with van der Waals surface area (Å²) < 4.78 is 80.0. The summed E-state index contributed by atoms with van der Waals surface area (Å²) in [6.45, 7) is -0.511. The van der Waals surface area contributed by atoms with Gasteiger partial charge in [0.15, 0.2) is 0 Å². The Balaban J connectivity index is 1.87. The lowest BCUT2D eigenvalue weighted by molar-refractivity contribution is -0.141. The molecule has 0 spiro atoms. The standard InChI is InChI=1S/C29H31F4N3O4S/c1-34-28(38)26(18-21-10-4-3-5-11-21)35(20-22-12-6-7-15-25(22)30)27(37)16-9-17-36(41(2,39)40)24-14-8-13-23(19-24)29(31,32)33/h3-8,10-15,19,26H,9,16-18,20H2,1-2H3,(H,34,38)/t26-/m1/s1.